The highest BCUT2D eigenvalue weighted by Gasteiger charge is 2.20. The molecule has 0 saturated heterocycles. The molecule has 0 spiro atoms. The second-order valence-corrected chi connectivity index (χ2v) is 3.86. The molecule has 0 saturated carbocycles. The van der Waals surface area contributed by atoms with Crippen LogP contribution in [0.1, 0.15) is 17.3 Å². The third kappa shape index (κ3) is 3.65. The number of halogens is 1. The van der Waals surface area contributed by atoms with Gasteiger partial charge in [0.15, 0.2) is 0 Å². The molecule has 4 N–H and O–H groups in total. The molecule has 0 radical (unpaired) electrons. The van der Waals surface area contributed by atoms with Crippen molar-refractivity contribution in [2.45, 2.75) is 12.5 Å². The van der Waals surface area contributed by atoms with Crippen molar-refractivity contribution in [3.8, 4) is 0 Å². The Morgan fingerprint density at radius 1 is 1.65 bits per heavy atom. The molecule has 1 heterocycles. The Bertz CT molecular complexity index is 423. The van der Waals surface area contributed by atoms with E-state index in [9.17, 15) is 14.3 Å². The van der Waals surface area contributed by atoms with Crippen molar-refractivity contribution in [2.75, 3.05) is 18.5 Å². The van der Waals surface area contributed by atoms with Gasteiger partial charge in [0.2, 0.25) is 0 Å². The lowest BCUT2D eigenvalue weighted by Crippen LogP contribution is -2.37. The molecule has 1 atom stereocenters. The number of pyridine rings is 1. The van der Waals surface area contributed by atoms with Crippen molar-refractivity contribution >= 4 is 11.8 Å². The number of aliphatic hydroxyl groups is 2. The Kier molecular flexibility index (Phi) is 3.97. The van der Waals surface area contributed by atoms with Crippen molar-refractivity contribution in [3.05, 3.63) is 23.6 Å². The molecule has 17 heavy (non-hydrogen) atoms. The van der Waals surface area contributed by atoms with Gasteiger partial charge in [-0.1, -0.05) is 0 Å². The van der Waals surface area contributed by atoms with Gasteiger partial charge in [0.1, 0.15) is 22.8 Å². The zero-order chi connectivity index (χ0) is 13.1. The van der Waals surface area contributed by atoms with Crippen LogP contribution in [-0.4, -0.2) is 45.0 Å². The van der Waals surface area contributed by atoms with Crippen LogP contribution in [0.25, 0.3) is 0 Å². The summed E-state index contributed by atoms with van der Waals surface area (Å²) in [6, 6.07) is 0.825. The number of aliphatic hydroxyl groups excluding tert-OH is 1. The Morgan fingerprint density at radius 3 is 2.82 bits per heavy atom. The standard InChI is InChI=1S/C10H13FN2O4/c1-10(17,5-14)4-13-8-7(9(15)16)2-6(11)3-12-8/h2-3,14,17H,4-5H2,1H3,(H,12,13)(H,15,16). The van der Waals surface area contributed by atoms with Gasteiger partial charge in [0, 0.05) is 6.54 Å². The summed E-state index contributed by atoms with van der Waals surface area (Å²) in [6.07, 6.45) is 0.864. The number of carboxylic acids is 1. The molecule has 1 aromatic heterocycles. The maximum absolute atomic E-state index is 12.8. The Morgan fingerprint density at radius 2 is 2.29 bits per heavy atom. The molecule has 7 heteroatoms. The molecule has 1 unspecified atom stereocenters. The van der Waals surface area contributed by atoms with Crippen molar-refractivity contribution < 1.29 is 24.5 Å². The van der Waals surface area contributed by atoms with Crippen molar-refractivity contribution in [1.82, 2.24) is 4.98 Å². The highest BCUT2D eigenvalue weighted by molar-refractivity contribution is 5.93. The fourth-order valence-corrected chi connectivity index (χ4v) is 1.07. The lowest BCUT2D eigenvalue weighted by atomic mass is 10.1. The Balaban J connectivity index is 2.88. The van der Waals surface area contributed by atoms with Crippen LogP contribution in [0.2, 0.25) is 0 Å². The van der Waals surface area contributed by atoms with Crippen LogP contribution in [0, 0.1) is 5.82 Å². The van der Waals surface area contributed by atoms with Gasteiger partial charge in [-0.15, -0.1) is 0 Å². The number of carboxylic acid groups (broad SMARTS) is 1. The maximum Gasteiger partial charge on any atom is 0.339 e. The van der Waals surface area contributed by atoms with Gasteiger partial charge in [-0.3, -0.25) is 0 Å². The first-order valence-corrected chi connectivity index (χ1v) is 4.82. The first-order valence-electron chi connectivity index (χ1n) is 4.82. The van der Waals surface area contributed by atoms with Crippen molar-refractivity contribution in [2.24, 2.45) is 0 Å². The lowest BCUT2D eigenvalue weighted by molar-refractivity contribution is 0.0131. The summed E-state index contributed by atoms with van der Waals surface area (Å²) in [5.41, 5.74) is -1.75. The van der Waals surface area contributed by atoms with Crippen LogP contribution in [0.5, 0.6) is 0 Å². The number of aromatic carboxylic acids is 1. The average molecular weight is 244 g/mol. The largest absolute Gasteiger partial charge is 0.478 e. The highest BCUT2D eigenvalue weighted by atomic mass is 19.1. The molecule has 0 aliphatic heterocycles. The van der Waals surface area contributed by atoms with Gasteiger partial charge in [-0.25, -0.2) is 14.2 Å². The molecule has 0 aromatic carbocycles. The molecule has 94 valence electrons. The van der Waals surface area contributed by atoms with Crippen LogP contribution in [0.3, 0.4) is 0 Å². The number of nitrogens with zero attached hydrogens (tertiary/aromatic N) is 1. The topological polar surface area (TPSA) is 103 Å². The van der Waals surface area contributed by atoms with Gasteiger partial charge in [-0.05, 0) is 13.0 Å². The number of rotatable bonds is 5. The smallest absolute Gasteiger partial charge is 0.339 e. The molecule has 0 amide bonds. The quantitative estimate of drug-likeness (QED) is 0.584. The molecule has 1 aromatic rings. The molecule has 0 bridgehead atoms. The fourth-order valence-electron chi connectivity index (χ4n) is 1.07. The van der Waals surface area contributed by atoms with E-state index in [2.05, 4.69) is 10.3 Å². The number of nitrogens with one attached hydrogen (secondary N) is 1. The molecular weight excluding hydrogens is 231 g/mol. The fraction of sp³-hybridized carbons (Fsp3) is 0.400. The predicted octanol–water partition coefficient (Wildman–Crippen LogP) is 0.0741. The van der Waals surface area contributed by atoms with Crippen LogP contribution >= 0.6 is 0 Å². The second kappa shape index (κ2) is 5.07. The third-order valence-corrected chi connectivity index (χ3v) is 2.06. The SMILES string of the molecule is CC(O)(CO)CNc1ncc(F)cc1C(=O)O. The summed E-state index contributed by atoms with van der Waals surface area (Å²) in [5, 5.41) is 29.7. The predicted molar refractivity (Wildman–Crippen MR) is 57.4 cm³/mol. The number of hydrogen-bond acceptors (Lipinski definition) is 5. The van der Waals surface area contributed by atoms with Crippen molar-refractivity contribution in [3.63, 3.8) is 0 Å². The summed E-state index contributed by atoms with van der Waals surface area (Å²) < 4.78 is 12.8. The van der Waals surface area contributed by atoms with Gasteiger partial charge in [0.25, 0.3) is 0 Å². The summed E-state index contributed by atoms with van der Waals surface area (Å²) in [5.74, 6) is -2.15. The number of carbonyl (C=O) groups is 1. The number of anilines is 1. The number of hydrogen-bond donors (Lipinski definition) is 4. The molecule has 0 aliphatic carbocycles. The van der Waals surface area contributed by atoms with E-state index < -0.39 is 24.0 Å². The number of aromatic nitrogens is 1. The average Bonchev–Trinajstić information content (AvgIpc) is 2.27. The van der Waals surface area contributed by atoms with E-state index in [0.29, 0.717) is 0 Å². The van der Waals surface area contributed by atoms with E-state index in [4.69, 9.17) is 10.2 Å². The van der Waals surface area contributed by atoms with Crippen molar-refractivity contribution in [1.29, 1.82) is 0 Å². The van der Waals surface area contributed by atoms with Crippen LogP contribution < -0.4 is 5.32 Å². The highest BCUT2D eigenvalue weighted by Crippen LogP contribution is 2.14. The summed E-state index contributed by atoms with van der Waals surface area (Å²) in [4.78, 5) is 14.4. The molecular formula is C10H13FN2O4. The summed E-state index contributed by atoms with van der Waals surface area (Å²) >= 11 is 0. The molecule has 6 nitrogen and oxygen atoms in total. The monoisotopic (exact) mass is 244 g/mol. The first kappa shape index (κ1) is 13.3. The van der Waals surface area contributed by atoms with Gasteiger partial charge < -0.3 is 20.6 Å². The second-order valence-electron chi connectivity index (χ2n) is 3.86. The van der Waals surface area contributed by atoms with Crippen LogP contribution in [-0.2, 0) is 0 Å². The maximum atomic E-state index is 12.8. The Labute approximate surface area is 96.7 Å². The van der Waals surface area contributed by atoms with E-state index in [1.807, 2.05) is 0 Å². The zero-order valence-electron chi connectivity index (χ0n) is 9.14. The minimum absolute atomic E-state index is 0.0624. The first-order chi connectivity index (χ1) is 7.85. The van der Waals surface area contributed by atoms with Gasteiger partial charge >= 0.3 is 5.97 Å². The summed E-state index contributed by atoms with van der Waals surface area (Å²) in [7, 11) is 0. The van der Waals surface area contributed by atoms with E-state index in [0.717, 1.165) is 12.3 Å². The van der Waals surface area contributed by atoms with Crippen LogP contribution in [0.15, 0.2) is 12.3 Å². The summed E-state index contributed by atoms with van der Waals surface area (Å²) in [6.45, 7) is 0.760. The van der Waals surface area contributed by atoms with E-state index in [-0.39, 0.29) is 17.9 Å². The molecule has 0 fully saturated rings. The molecule has 1 rings (SSSR count). The molecule has 0 aliphatic rings. The van der Waals surface area contributed by atoms with E-state index >= 15 is 0 Å². The lowest BCUT2D eigenvalue weighted by Gasteiger charge is -2.21. The zero-order valence-corrected chi connectivity index (χ0v) is 9.14. The minimum atomic E-state index is -1.41. The van der Waals surface area contributed by atoms with E-state index in [1.54, 1.807) is 0 Å². The van der Waals surface area contributed by atoms with Gasteiger partial charge in [-0.2, -0.15) is 0 Å². The third-order valence-electron chi connectivity index (χ3n) is 2.06. The van der Waals surface area contributed by atoms with E-state index in [1.165, 1.54) is 6.92 Å². The van der Waals surface area contributed by atoms with Crippen LogP contribution in [0.4, 0.5) is 10.2 Å². The van der Waals surface area contributed by atoms with Gasteiger partial charge in [0.05, 0.1) is 12.8 Å². The normalized spacial score (nSPS) is 14.1. The Hall–Kier alpha value is -1.73. The minimum Gasteiger partial charge on any atom is -0.478 e.